The van der Waals surface area contributed by atoms with E-state index in [2.05, 4.69) is 5.32 Å². The molecule has 1 heterocycles. The maximum atomic E-state index is 11.1. The smallest absolute Gasteiger partial charge is 0.544 e. The van der Waals surface area contributed by atoms with Gasteiger partial charge in [-0.1, -0.05) is 0 Å². The number of carbonyl (C=O) groups excluding carboxylic acids is 2. The minimum Gasteiger partial charge on any atom is -0.544 e. The summed E-state index contributed by atoms with van der Waals surface area (Å²) in [6.45, 7) is 0.228. The van der Waals surface area contributed by atoms with E-state index in [9.17, 15) is 35.1 Å². The Morgan fingerprint density at radius 3 is 2.41 bits per heavy atom. The number of ether oxygens (including phenoxy) is 1. The van der Waals surface area contributed by atoms with Crippen LogP contribution in [0.5, 0.6) is 0 Å². The Morgan fingerprint density at radius 2 is 2.00 bits per heavy atom. The van der Waals surface area contributed by atoms with Gasteiger partial charge in [0.2, 0.25) is 11.7 Å². The van der Waals surface area contributed by atoms with Gasteiger partial charge in [-0.3, -0.25) is 4.79 Å². The zero-order valence-corrected chi connectivity index (χ0v) is 12.2. The first kappa shape index (κ1) is 21.3. The average molecular weight is 315 g/mol. The zero-order valence-electron chi connectivity index (χ0n) is 12.2. The van der Waals surface area contributed by atoms with Crippen LogP contribution in [-0.4, -0.2) is 80.3 Å². The minimum atomic E-state index is -2.89. The maximum absolute atomic E-state index is 11.1. The van der Waals surface area contributed by atoms with Gasteiger partial charge in [0.1, 0.15) is 24.3 Å². The van der Waals surface area contributed by atoms with E-state index in [0.29, 0.717) is 0 Å². The van der Waals surface area contributed by atoms with Gasteiger partial charge in [0.15, 0.2) is 0 Å². The van der Waals surface area contributed by atoms with E-state index in [-0.39, 0.29) is 18.9 Å². The van der Waals surface area contributed by atoms with Crippen LogP contribution in [0.4, 0.5) is 0 Å². The molecule has 6 atom stereocenters. The fraction of sp³-hybridized carbons (Fsp3) is 0.818. The number of rotatable bonds is 5. The Kier molecular flexibility index (Phi) is 7.97. The molecule has 0 bridgehead atoms. The van der Waals surface area contributed by atoms with Gasteiger partial charge < -0.3 is 45.5 Å². The molecule has 0 aromatic carbocycles. The predicted molar refractivity (Wildman–Crippen MR) is 62.2 cm³/mol. The van der Waals surface area contributed by atoms with Gasteiger partial charge >= 0.3 is 18.9 Å². The second kappa shape index (κ2) is 8.23. The molecule has 0 saturated carbocycles. The number of aliphatic hydroxyl groups excluding tert-OH is 4. The fourth-order valence-corrected chi connectivity index (χ4v) is 2.13. The topological polar surface area (TPSA) is 180 Å². The molecule has 0 aromatic heterocycles. The number of carbonyl (C=O) groups is 2. The van der Waals surface area contributed by atoms with E-state index in [1.54, 1.807) is 0 Å². The number of carboxylic acid groups (broad SMARTS) is 1. The van der Waals surface area contributed by atoms with Crippen molar-refractivity contribution in [1.29, 1.82) is 0 Å². The Labute approximate surface area is 137 Å². The van der Waals surface area contributed by atoms with Crippen molar-refractivity contribution in [2.24, 2.45) is 0 Å². The first-order valence-corrected chi connectivity index (χ1v) is 6.16. The molecule has 1 fully saturated rings. The number of carboxylic acids is 1. The van der Waals surface area contributed by atoms with Crippen molar-refractivity contribution in [3.05, 3.63) is 0 Å². The summed E-state index contributed by atoms with van der Waals surface area (Å²) in [5.41, 5.74) is 0. The molecule has 0 spiro atoms. The summed E-state index contributed by atoms with van der Waals surface area (Å²) in [5, 5.41) is 60.8. The molecule has 1 saturated heterocycles. The normalized spacial score (nSPS) is 34.2. The van der Waals surface area contributed by atoms with Crippen LogP contribution in [0.1, 0.15) is 13.3 Å². The van der Waals surface area contributed by atoms with Gasteiger partial charge in [0, 0.05) is 13.3 Å². The largest absolute Gasteiger partial charge is 1.00 e. The third-order valence-corrected chi connectivity index (χ3v) is 3.19. The molecular weight excluding hydrogens is 297 g/mol. The van der Waals surface area contributed by atoms with Gasteiger partial charge in [-0.2, -0.15) is 0 Å². The molecule has 1 aliphatic rings. The van der Waals surface area contributed by atoms with Crippen LogP contribution in [0.3, 0.4) is 0 Å². The fourth-order valence-electron chi connectivity index (χ4n) is 2.13. The van der Waals surface area contributed by atoms with Gasteiger partial charge in [-0.15, -0.1) is 0 Å². The molecule has 0 aliphatic carbocycles. The summed E-state index contributed by atoms with van der Waals surface area (Å²) in [4.78, 5) is 22.0. The summed E-state index contributed by atoms with van der Waals surface area (Å²) in [6.07, 6.45) is -7.67. The quantitative estimate of drug-likeness (QED) is 0.268. The van der Waals surface area contributed by atoms with E-state index in [1.165, 1.54) is 0 Å². The number of nitrogens with one attached hydrogen (secondary N) is 1. The van der Waals surface area contributed by atoms with Crippen molar-refractivity contribution in [3.8, 4) is 0 Å². The molecule has 22 heavy (non-hydrogen) atoms. The molecule has 0 unspecified atom stereocenters. The Hall–Kier alpha value is -0.703. The minimum absolute atomic E-state index is 0. The van der Waals surface area contributed by atoms with Gasteiger partial charge in [-0.25, -0.2) is 0 Å². The number of amides is 1. The van der Waals surface area contributed by atoms with Crippen molar-refractivity contribution >= 4 is 11.9 Å². The van der Waals surface area contributed by atoms with Crippen molar-refractivity contribution in [3.63, 3.8) is 0 Å². The number of aliphatic hydroxyl groups is 5. The summed E-state index contributed by atoms with van der Waals surface area (Å²) in [5.74, 6) is -5.55. The van der Waals surface area contributed by atoms with Crippen LogP contribution >= 0.6 is 0 Å². The third-order valence-electron chi connectivity index (χ3n) is 3.19. The van der Waals surface area contributed by atoms with E-state index in [0.717, 1.165) is 6.92 Å². The molecule has 0 radical (unpaired) electrons. The number of hydrogen-bond acceptors (Lipinski definition) is 9. The third kappa shape index (κ3) is 4.64. The molecule has 1 aliphatic heterocycles. The van der Waals surface area contributed by atoms with Crippen LogP contribution in [0.2, 0.25) is 0 Å². The number of hydrogen-bond donors (Lipinski definition) is 6. The molecule has 0 aromatic rings. The molecule has 122 valence electrons. The van der Waals surface area contributed by atoms with Crippen molar-refractivity contribution < 1.29 is 63.8 Å². The first-order valence-electron chi connectivity index (χ1n) is 6.16. The summed E-state index contributed by atoms with van der Waals surface area (Å²) < 4.78 is 4.80. The van der Waals surface area contributed by atoms with Crippen molar-refractivity contribution in [1.82, 2.24) is 5.32 Å². The van der Waals surface area contributed by atoms with Crippen LogP contribution in [0, 0.1) is 0 Å². The van der Waals surface area contributed by atoms with Crippen molar-refractivity contribution in [2.45, 2.75) is 49.6 Å². The predicted octanol–water partition coefficient (Wildman–Crippen LogP) is -8.20. The monoisotopic (exact) mass is 315 g/mol. The molecule has 6 N–H and O–H groups in total. The first-order chi connectivity index (χ1) is 9.62. The van der Waals surface area contributed by atoms with E-state index in [1.807, 2.05) is 0 Å². The van der Waals surface area contributed by atoms with Gasteiger partial charge in [-0.05, 0) is 0 Å². The summed E-state index contributed by atoms with van der Waals surface area (Å²) in [6, 6.07) is -1.29. The van der Waals surface area contributed by atoms with Crippen molar-refractivity contribution in [2.75, 3.05) is 6.61 Å². The van der Waals surface area contributed by atoms with E-state index < -0.39 is 61.1 Å². The maximum Gasteiger partial charge on any atom is 1.00 e. The average Bonchev–Trinajstić information content (AvgIpc) is 2.39. The Balaban J connectivity index is 0.00000441. The second-order valence-electron chi connectivity index (χ2n) is 4.89. The van der Waals surface area contributed by atoms with Gasteiger partial charge in [0.05, 0.1) is 18.8 Å². The van der Waals surface area contributed by atoms with Crippen LogP contribution in [0.15, 0.2) is 0 Å². The molecular formula is C11H18LiNO9. The van der Waals surface area contributed by atoms with Crippen LogP contribution < -0.4 is 29.3 Å². The second-order valence-corrected chi connectivity index (χ2v) is 4.89. The molecule has 10 nitrogen and oxygen atoms in total. The standard InChI is InChI=1S/C11H19NO9.Li/c1-4(14)12-7-5(15)2-11(20,10(18)19)21-9(7)8(17)6(16)3-13;/h5-9,13,15-17,20H,2-3H2,1H3,(H,12,14)(H,18,19);/q;+1/p-1/t5-,6+,7+,8+,9+,11-;/m0./s1. The Bertz CT molecular complexity index is 409. The Morgan fingerprint density at radius 1 is 1.45 bits per heavy atom. The van der Waals surface area contributed by atoms with Crippen LogP contribution in [-0.2, 0) is 14.3 Å². The van der Waals surface area contributed by atoms with Crippen LogP contribution in [0.25, 0.3) is 0 Å². The van der Waals surface area contributed by atoms with E-state index in [4.69, 9.17) is 9.84 Å². The SMILES string of the molecule is CC(=O)N[C@H]1[C@H]([C@H](O)[C@H](O)CO)O[C@](O)(C(=O)[O-])C[C@@H]1O.[Li+]. The van der Waals surface area contributed by atoms with Gasteiger partial charge in [0.25, 0.3) is 0 Å². The molecule has 11 heteroatoms. The zero-order chi connectivity index (χ0) is 16.4. The van der Waals surface area contributed by atoms with E-state index >= 15 is 0 Å². The summed E-state index contributed by atoms with van der Waals surface area (Å²) in [7, 11) is 0. The summed E-state index contributed by atoms with van der Waals surface area (Å²) >= 11 is 0. The number of aliphatic carboxylic acids is 1. The molecule has 1 rings (SSSR count). The molecule has 1 amide bonds.